The molecule has 0 saturated heterocycles. The number of hydrogen-bond donors (Lipinski definition) is 2. The van der Waals surface area contributed by atoms with Gasteiger partial charge in [0.25, 0.3) is 5.91 Å². The van der Waals surface area contributed by atoms with Crippen LogP contribution < -0.4 is 10.5 Å². The second kappa shape index (κ2) is 5.78. The molecule has 1 fully saturated rings. The number of primary sulfonamides is 1. The Morgan fingerprint density at radius 1 is 1.35 bits per heavy atom. The first-order chi connectivity index (χ1) is 10.9. The van der Waals surface area contributed by atoms with Gasteiger partial charge in [-0.3, -0.25) is 4.79 Å². The summed E-state index contributed by atoms with van der Waals surface area (Å²) < 4.78 is 41.7. The van der Waals surface area contributed by atoms with E-state index < -0.39 is 15.8 Å². The first-order valence-electron chi connectivity index (χ1n) is 7.03. The van der Waals surface area contributed by atoms with Crippen molar-refractivity contribution in [3.05, 3.63) is 53.2 Å². The fraction of sp³-hybridized carbons (Fsp3) is 0.267. The number of carbonyl (C=O) groups excluding carboxylic acids is 1. The number of sulfonamides is 1. The summed E-state index contributed by atoms with van der Waals surface area (Å²) in [4.78, 5) is 12.0. The Kier molecular flexibility index (Phi) is 3.95. The first-order valence-corrected chi connectivity index (χ1v) is 8.57. The summed E-state index contributed by atoms with van der Waals surface area (Å²) in [6, 6.07) is 4.77. The van der Waals surface area contributed by atoms with Crippen molar-refractivity contribution in [3.8, 4) is 0 Å². The molecular weight excluding hydrogens is 323 g/mol. The monoisotopic (exact) mass is 338 g/mol. The lowest BCUT2D eigenvalue weighted by molar-refractivity contribution is 0.0948. The van der Waals surface area contributed by atoms with Crippen LogP contribution in [0.25, 0.3) is 0 Å². The summed E-state index contributed by atoms with van der Waals surface area (Å²) >= 11 is 0. The average molecular weight is 338 g/mol. The predicted molar refractivity (Wildman–Crippen MR) is 79.6 cm³/mol. The Labute approximate surface area is 132 Å². The number of benzene rings is 1. The van der Waals surface area contributed by atoms with Gasteiger partial charge in [-0.1, -0.05) is 0 Å². The van der Waals surface area contributed by atoms with Gasteiger partial charge in [-0.25, -0.2) is 17.9 Å². The standard InChI is InChI=1S/C15H15FN2O4S/c16-13-4-3-11(23(17,20)21)7-10(13)8-18-15(19)12-5-6-22-14(12)9-1-2-9/h3-7,9H,1-2,8H2,(H,18,19)(H2,17,20,21). The van der Waals surface area contributed by atoms with E-state index in [4.69, 9.17) is 9.56 Å². The summed E-state index contributed by atoms with van der Waals surface area (Å²) in [7, 11) is -3.93. The molecule has 1 heterocycles. The largest absolute Gasteiger partial charge is 0.468 e. The van der Waals surface area contributed by atoms with E-state index in [1.54, 1.807) is 6.07 Å². The number of rotatable bonds is 5. The van der Waals surface area contributed by atoms with E-state index >= 15 is 0 Å². The first kappa shape index (κ1) is 15.7. The van der Waals surface area contributed by atoms with Crippen LogP contribution >= 0.6 is 0 Å². The van der Waals surface area contributed by atoms with Gasteiger partial charge in [-0.15, -0.1) is 0 Å². The fourth-order valence-electron chi connectivity index (χ4n) is 2.30. The molecule has 0 atom stereocenters. The topological polar surface area (TPSA) is 102 Å². The lowest BCUT2D eigenvalue weighted by Crippen LogP contribution is -2.24. The number of furan rings is 1. The minimum atomic E-state index is -3.93. The Morgan fingerprint density at radius 2 is 2.09 bits per heavy atom. The molecule has 0 radical (unpaired) electrons. The highest BCUT2D eigenvalue weighted by molar-refractivity contribution is 7.89. The molecule has 1 saturated carbocycles. The number of hydrogen-bond acceptors (Lipinski definition) is 4. The molecule has 6 nitrogen and oxygen atoms in total. The van der Waals surface area contributed by atoms with Crippen molar-refractivity contribution in [1.82, 2.24) is 5.32 Å². The summed E-state index contributed by atoms with van der Waals surface area (Å²) in [5.74, 6) is -0.0946. The van der Waals surface area contributed by atoms with Gasteiger partial charge in [0, 0.05) is 18.0 Å². The molecule has 1 aromatic carbocycles. The quantitative estimate of drug-likeness (QED) is 0.869. The summed E-state index contributed by atoms with van der Waals surface area (Å²) in [5.41, 5.74) is 0.469. The minimum Gasteiger partial charge on any atom is -0.468 e. The molecular formula is C15H15FN2O4S. The van der Waals surface area contributed by atoms with Gasteiger partial charge in [0.2, 0.25) is 10.0 Å². The van der Waals surface area contributed by atoms with Crippen LogP contribution in [-0.2, 0) is 16.6 Å². The second-order valence-corrected chi connectivity index (χ2v) is 7.02. The Hall–Kier alpha value is -2.19. The molecule has 1 amide bonds. The number of nitrogens with one attached hydrogen (secondary N) is 1. The normalized spacial score (nSPS) is 14.7. The van der Waals surface area contributed by atoms with Crippen LogP contribution in [-0.4, -0.2) is 14.3 Å². The van der Waals surface area contributed by atoms with Crippen LogP contribution in [0.2, 0.25) is 0 Å². The number of halogens is 1. The molecule has 1 aliphatic rings. The highest BCUT2D eigenvalue weighted by atomic mass is 32.2. The molecule has 3 rings (SSSR count). The number of carbonyl (C=O) groups is 1. The maximum Gasteiger partial charge on any atom is 0.255 e. The molecule has 0 unspecified atom stereocenters. The van der Waals surface area contributed by atoms with Crippen molar-refractivity contribution >= 4 is 15.9 Å². The van der Waals surface area contributed by atoms with E-state index in [2.05, 4.69) is 5.32 Å². The van der Waals surface area contributed by atoms with Crippen molar-refractivity contribution in [2.45, 2.75) is 30.2 Å². The van der Waals surface area contributed by atoms with Crippen molar-refractivity contribution in [2.75, 3.05) is 0 Å². The Morgan fingerprint density at radius 3 is 2.74 bits per heavy atom. The summed E-state index contributed by atoms with van der Waals surface area (Å²) in [5, 5.41) is 7.59. The van der Waals surface area contributed by atoms with Crippen LogP contribution in [0.1, 0.15) is 40.4 Å². The van der Waals surface area contributed by atoms with Crippen LogP contribution in [0, 0.1) is 5.82 Å². The summed E-state index contributed by atoms with van der Waals surface area (Å²) in [6.45, 7) is -0.149. The van der Waals surface area contributed by atoms with Gasteiger partial charge in [0.15, 0.2) is 0 Å². The third-order valence-electron chi connectivity index (χ3n) is 3.67. The smallest absolute Gasteiger partial charge is 0.255 e. The van der Waals surface area contributed by atoms with Crippen LogP contribution in [0.3, 0.4) is 0 Å². The number of amides is 1. The van der Waals surface area contributed by atoms with Gasteiger partial charge in [0.1, 0.15) is 11.6 Å². The Balaban J connectivity index is 1.75. The van der Waals surface area contributed by atoms with Crippen molar-refractivity contribution in [2.24, 2.45) is 5.14 Å². The molecule has 0 aliphatic heterocycles. The van der Waals surface area contributed by atoms with E-state index in [1.165, 1.54) is 6.26 Å². The van der Waals surface area contributed by atoms with Crippen molar-refractivity contribution in [1.29, 1.82) is 0 Å². The molecule has 122 valence electrons. The van der Waals surface area contributed by atoms with E-state index in [-0.39, 0.29) is 28.8 Å². The van der Waals surface area contributed by atoms with Gasteiger partial charge in [-0.2, -0.15) is 0 Å². The summed E-state index contributed by atoms with van der Waals surface area (Å²) in [6.07, 6.45) is 3.42. The zero-order valence-corrected chi connectivity index (χ0v) is 12.9. The molecule has 0 bridgehead atoms. The highest BCUT2D eigenvalue weighted by Crippen LogP contribution is 2.42. The second-order valence-electron chi connectivity index (χ2n) is 5.45. The third kappa shape index (κ3) is 3.43. The zero-order valence-electron chi connectivity index (χ0n) is 12.1. The van der Waals surface area contributed by atoms with E-state index in [0.29, 0.717) is 11.3 Å². The van der Waals surface area contributed by atoms with Gasteiger partial charge < -0.3 is 9.73 Å². The van der Waals surface area contributed by atoms with Gasteiger partial charge >= 0.3 is 0 Å². The molecule has 1 aliphatic carbocycles. The molecule has 23 heavy (non-hydrogen) atoms. The van der Waals surface area contributed by atoms with Gasteiger partial charge in [-0.05, 0) is 37.1 Å². The SMILES string of the molecule is NS(=O)(=O)c1ccc(F)c(CNC(=O)c2ccoc2C2CC2)c1. The maximum absolute atomic E-state index is 13.8. The van der Waals surface area contributed by atoms with Crippen molar-refractivity contribution < 1.29 is 22.0 Å². The van der Waals surface area contributed by atoms with E-state index in [1.807, 2.05) is 0 Å². The third-order valence-corrected chi connectivity index (χ3v) is 4.58. The number of nitrogens with two attached hydrogens (primary N) is 1. The molecule has 3 N–H and O–H groups in total. The average Bonchev–Trinajstić information content (AvgIpc) is 3.22. The maximum atomic E-state index is 13.8. The molecule has 8 heteroatoms. The van der Waals surface area contributed by atoms with Crippen LogP contribution in [0.5, 0.6) is 0 Å². The fourth-order valence-corrected chi connectivity index (χ4v) is 2.87. The molecule has 0 spiro atoms. The van der Waals surface area contributed by atoms with Crippen LogP contribution in [0.15, 0.2) is 39.8 Å². The van der Waals surface area contributed by atoms with E-state index in [0.717, 1.165) is 31.0 Å². The zero-order chi connectivity index (χ0) is 16.6. The van der Waals surface area contributed by atoms with Crippen LogP contribution in [0.4, 0.5) is 4.39 Å². The lowest BCUT2D eigenvalue weighted by Gasteiger charge is -2.08. The molecule has 1 aromatic heterocycles. The minimum absolute atomic E-state index is 0.0429. The van der Waals surface area contributed by atoms with Crippen molar-refractivity contribution in [3.63, 3.8) is 0 Å². The van der Waals surface area contributed by atoms with Gasteiger partial charge in [0.05, 0.1) is 16.7 Å². The lowest BCUT2D eigenvalue weighted by atomic mass is 10.1. The predicted octanol–water partition coefficient (Wildman–Crippen LogP) is 1.87. The molecule has 2 aromatic rings. The highest BCUT2D eigenvalue weighted by Gasteiger charge is 2.31. The van der Waals surface area contributed by atoms with E-state index in [9.17, 15) is 17.6 Å². The Bertz CT molecular complexity index is 856.